The molecule has 0 aliphatic heterocycles. The number of nitrogens with one attached hydrogen (secondary N) is 1. The number of rotatable bonds is 0. The van der Waals surface area contributed by atoms with Crippen molar-refractivity contribution in [3.8, 4) is 6.07 Å². The summed E-state index contributed by atoms with van der Waals surface area (Å²) in [5.74, 6) is 0. The van der Waals surface area contributed by atoms with Crippen molar-refractivity contribution in [2.45, 2.75) is 0 Å². The largest absolute Gasteiger partial charge is 0.398 e. The number of H-pyrrole nitrogens is 1. The molecular weight excluding hydrogens is 150 g/mol. The molecule has 0 atom stereocenters. The van der Waals surface area contributed by atoms with Crippen LogP contribution >= 0.6 is 0 Å². The summed E-state index contributed by atoms with van der Waals surface area (Å²) >= 11 is 0. The molecule has 3 heteroatoms. The first-order valence-corrected chi connectivity index (χ1v) is 3.58. The molecule has 1 aromatic heterocycles. The molecule has 0 aliphatic rings. The van der Waals surface area contributed by atoms with Gasteiger partial charge in [-0.05, 0) is 12.1 Å². The number of hydrogen-bond donors (Lipinski definition) is 2. The minimum Gasteiger partial charge on any atom is -0.398 e. The lowest BCUT2D eigenvalue weighted by atomic mass is 10.1. The number of anilines is 1. The highest BCUT2D eigenvalue weighted by molar-refractivity contribution is 5.95. The van der Waals surface area contributed by atoms with Crippen LogP contribution < -0.4 is 5.73 Å². The standard InChI is InChI=1S/C9H7N3/c10-4-6-5-12-8-3-1-2-7(11)9(6)8/h1-3,5,12H,11H2. The van der Waals surface area contributed by atoms with Gasteiger partial charge in [-0.25, -0.2) is 0 Å². The van der Waals surface area contributed by atoms with Crippen molar-refractivity contribution in [1.29, 1.82) is 5.26 Å². The summed E-state index contributed by atoms with van der Waals surface area (Å²) in [6.45, 7) is 0. The van der Waals surface area contributed by atoms with Crippen LogP contribution in [0.4, 0.5) is 5.69 Å². The lowest BCUT2D eigenvalue weighted by Crippen LogP contribution is -1.85. The zero-order valence-corrected chi connectivity index (χ0v) is 6.33. The van der Waals surface area contributed by atoms with Gasteiger partial charge in [-0.2, -0.15) is 5.26 Å². The molecular formula is C9H7N3. The van der Waals surface area contributed by atoms with E-state index >= 15 is 0 Å². The number of benzene rings is 1. The van der Waals surface area contributed by atoms with Crippen molar-refractivity contribution in [1.82, 2.24) is 4.98 Å². The highest BCUT2D eigenvalue weighted by atomic mass is 14.7. The number of fused-ring (bicyclic) bond motifs is 1. The molecule has 1 heterocycles. The summed E-state index contributed by atoms with van der Waals surface area (Å²) in [6, 6.07) is 7.62. The Hall–Kier alpha value is -1.95. The van der Waals surface area contributed by atoms with Crippen LogP contribution in [0.15, 0.2) is 24.4 Å². The van der Waals surface area contributed by atoms with Gasteiger partial charge in [0.15, 0.2) is 0 Å². The quantitative estimate of drug-likeness (QED) is 0.570. The van der Waals surface area contributed by atoms with Crippen LogP contribution in [-0.4, -0.2) is 4.98 Å². The smallest absolute Gasteiger partial charge is 0.101 e. The predicted molar refractivity (Wildman–Crippen MR) is 47.4 cm³/mol. The van der Waals surface area contributed by atoms with E-state index < -0.39 is 0 Å². The van der Waals surface area contributed by atoms with Gasteiger partial charge in [0, 0.05) is 22.8 Å². The van der Waals surface area contributed by atoms with Crippen LogP contribution in [0, 0.1) is 11.3 Å². The molecule has 58 valence electrons. The average molecular weight is 157 g/mol. The van der Waals surface area contributed by atoms with Crippen molar-refractivity contribution < 1.29 is 0 Å². The van der Waals surface area contributed by atoms with Crippen LogP contribution in [0.3, 0.4) is 0 Å². The zero-order chi connectivity index (χ0) is 8.55. The number of aromatic nitrogens is 1. The van der Waals surface area contributed by atoms with Gasteiger partial charge < -0.3 is 10.7 Å². The summed E-state index contributed by atoms with van der Waals surface area (Å²) in [7, 11) is 0. The number of nitrogens with zero attached hydrogens (tertiary/aromatic N) is 1. The average Bonchev–Trinajstić information content (AvgIpc) is 2.49. The normalized spacial score (nSPS) is 9.92. The zero-order valence-electron chi connectivity index (χ0n) is 6.33. The maximum absolute atomic E-state index is 8.72. The van der Waals surface area contributed by atoms with E-state index in [1.165, 1.54) is 0 Å². The summed E-state index contributed by atoms with van der Waals surface area (Å²) in [4.78, 5) is 2.98. The second kappa shape index (κ2) is 2.28. The van der Waals surface area contributed by atoms with Crippen LogP contribution in [0.5, 0.6) is 0 Å². The molecule has 1 aromatic carbocycles. The van der Waals surface area contributed by atoms with E-state index in [4.69, 9.17) is 11.0 Å². The maximum Gasteiger partial charge on any atom is 0.101 e. The van der Waals surface area contributed by atoms with Crippen molar-refractivity contribution in [3.05, 3.63) is 30.0 Å². The Kier molecular flexibility index (Phi) is 1.28. The molecule has 0 saturated heterocycles. The molecule has 0 unspecified atom stereocenters. The Bertz CT molecular complexity index is 462. The van der Waals surface area contributed by atoms with Crippen molar-refractivity contribution in [2.75, 3.05) is 5.73 Å². The topological polar surface area (TPSA) is 65.6 Å². The Morgan fingerprint density at radius 3 is 3.00 bits per heavy atom. The van der Waals surface area contributed by atoms with Gasteiger partial charge in [0.05, 0.1) is 5.56 Å². The summed E-state index contributed by atoms with van der Waals surface area (Å²) < 4.78 is 0. The fourth-order valence-corrected chi connectivity index (χ4v) is 1.30. The van der Waals surface area contributed by atoms with Gasteiger partial charge in [0.1, 0.15) is 6.07 Å². The van der Waals surface area contributed by atoms with Crippen LogP contribution in [0.2, 0.25) is 0 Å². The third kappa shape index (κ3) is 0.753. The summed E-state index contributed by atoms with van der Waals surface area (Å²) in [5.41, 5.74) is 7.86. The van der Waals surface area contributed by atoms with E-state index in [2.05, 4.69) is 11.1 Å². The third-order valence-corrected chi connectivity index (χ3v) is 1.86. The fraction of sp³-hybridized carbons (Fsp3) is 0. The highest BCUT2D eigenvalue weighted by Crippen LogP contribution is 2.23. The number of nitriles is 1. The van der Waals surface area contributed by atoms with E-state index in [0.717, 1.165) is 10.9 Å². The third-order valence-electron chi connectivity index (χ3n) is 1.86. The monoisotopic (exact) mass is 157 g/mol. The molecule has 2 rings (SSSR count). The van der Waals surface area contributed by atoms with Crippen LogP contribution in [-0.2, 0) is 0 Å². The molecule has 0 aliphatic carbocycles. The first-order chi connectivity index (χ1) is 5.83. The van der Waals surface area contributed by atoms with Crippen molar-refractivity contribution >= 4 is 16.6 Å². The van der Waals surface area contributed by atoms with Crippen molar-refractivity contribution in [3.63, 3.8) is 0 Å². The van der Waals surface area contributed by atoms with Gasteiger partial charge in [0.2, 0.25) is 0 Å². The Morgan fingerprint density at radius 1 is 1.42 bits per heavy atom. The number of aromatic amines is 1. The summed E-state index contributed by atoms with van der Waals surface area (Å²) in [5, 5.41) is 9.54. The molecule has 0 fully saturated rings. The van der Waals surface area contributed by atoms with E-state index in [-0.39, 0.29) is 0 Å². The van der Waals surface area contributed by atoms with Gasteiger partial charge in [-0.3, -0.25) is 0 Å². The molecule has 2 aromatic rings. The van der Waals surface area contributed by atoms with E-state index in [1.54, 1.807) is 12.3 Å². The molecule has 12 heavy (non-hydrogen) atoms. The van der Waals surface area contributed by atoms with Gasteiger partial charge >= 0.3 is 0 Å². The van der Waals surface area contributed by atoms with E-state index in [0.29, 0.717) is 11.3 Å². The molecule has 3 N–H and O–H groups in total. The maximum atomic E-state index is 8.72. The highest BCUT2D eigenvalue weighted by Gasteiger charge is 2.04. The molecule has 0 saturated carbocycles. The lowest BCUT2D eigenvalue weighted by molar-refractivity contribution is 1.45. The SMILES string of the molecule is N#Cc1c[nH]c2cccc(N)c12. The van der Waals surface area contributed by atoms with Crippen LogP contribution in [0.1, 0.15) is 5.56 Å². The molecule has 0 amide bonds. The minimum absolute atomic E-state index is 0.600. The molecule has 0 bridgehead atoms. The predicted octanol–water partition coefficient (Wildman–Crippen LogP) is 1.62. The molecule has 0 spiro atoms. The van der Waals surface area contributed by atoms with Gasteiger partial charge in [-0.1, -0.05) is 6.07 Å². The Labute approximate surface area is 69.4 Å². The van der Waals surface area contributed by atoms with E-state index in [1.807, 2.05) is 12.1 Å². The number of nitrogens with two attached hydrogens (primary N) is 1. The van der Waals surface area contributed by atoms with E-state index in [9.17, 15) is 0 Å². The van der Waals surface area contributed by atoms with Gasteiger partial charge in [-0.15, -0.1) is 0 Å². The number of hydrogen-bond acceptors (Lipinski definition) is 2. The Morgan fingerprint density at radius 2 is 2.25 bits per heavy atom. The van der Waals surface area contributed by atoms with Crippen molar-refractivity contribution in [2.24, 2.45) is 0 Å². The first-order valence-electron chi connectivity index (χ1n) is 3.58. The van der Waals surface area contributed by atoms with Gasteiger partial charge in [0.25, 0.3) is 0 Å². The summed E-state index contributed by atoms with van der Waals surface area (Å²) in [6.07, 6.45) is 1.67. The minimum atomic E-state index is 0.600. The second-order valence-electron chi connectivity index (χ2n) is 2.58. The lowest BCUT2D eigenvalue weighted by Gasteiger charge is -1.94. The number of nitrogen functional groups attached to an aromatic ring is 1. The van der Waals surface area contributed by atoms with Crippen LogP contribution in [0.25, 0.3) is 10.9 Å². The molecule has 0 radical (unpaired) electrons. The fourth-order valence-electron chi connectivity index (χ4n) is 1.30. The second-order valence-corrected chi connectivity index (χ2v) is 2.58. The Balaban J connectivity index is 2.95. The molecule has 3 nitrogen and oxygen atoms in total. The first kappa shape index (κ1) is 6.74.